The van der Waals surface area contributed by atoms with Crippen LogP contribution in [0.2, 0.25) is 0 Å². The maximum Gasteiger partial charge on any atom is 0.408 e. The van der Waals surface area contributed by atoms with E-state index in [1.165, 1.54) is 17.4 Å². The zero-order chi connectivity index (χ0) is 17.5. The number of nitrogens with one attached hydrogen (secondary N) is 1. The van der Waals surface area contributed by atoms with Crippen molar-refractivity contribution < 1.29 is 19.4 Å². The number of amides is 1. The largest absolute Gasteiger partial charge is 0.476 e. The standard InChI is InChI=1S/C17H18N2O4S/c1-3-9-23-17(22)18-13(10-12-7-5-4-6-8-12)15-19-14(16(20)21)11(2)24-15/h3-8,13H,1,9-10H2,2H3,(H,18,22)(H,20,21)/t13-/m0/s1. The molecule has 0 aliphatic heterocycles. The van der Waals surface area contributed by atoms with Gasteiger partial charge in [0.15, 0.2) is 5.69 Å². The molecule has 0 bridgehead atoms. The number of carboxylic acid groups (broad SMARTS) is 1. The van der Waals surface area contributed by atoms with E-state index >= 15 is 0 Å². The van der Waals surface area contributed by atoms with E-state index < -0.39 is 18.1 Å². The molecule has 0 saturated carbocycles. The lowest BCUT2D eigenvalue weighted by molar-refractivity contribution is 0.0690. The zero-order valence-corrected chi connectivity index (χ0v) is 14.0. The molecule has 126 valence electrons. The van der Waals surface area contributed by atoms with Crippen molar-refractivity contribution in [1.82, 2.24) is 10.3 Å². The highest BCUT2D eigenvalue weighted by atomic mass is 32.1. The first-order valence-electron chi connectivity index (χ1n) is 7.30. The average molecular weight is 346 g/mol. The van der Waals surface area contributed by atoms with Crippen molar-refractivity contribution in [3.63, 3.8) is 0 Å². The van der Waals surface area contributed by atoms with Crippen molar-refractivity contribution in [2.75, 3.05) is 6.61 Å². The molecule has 0 fully saturated rings. The van der Waals surface area contributed by atoms with Gasteiger partial charge in [-0.1, -0.05) is 43.0 Å². The lowest BCUT2D eigenvalue weighted by atomic mass is 10.1. The summed E-state index contributed by atoms with van der Waals surface area (Å²) in [5.74, 6) is -1.08. The summed E-state index contributed by atoms with van der Waals surface area (Å²) in [4.78, 5) is 27.8. The van der Waals surface area contributed by atoms with E-state index in [0.717, 1.165) is 5.56 Å². The summed E-state index contributed by atoms with van der Waals surface area (Å²) in [6.07, 6.45) is 1.36. The normalized spacial score (nSPS) is 11.5. The Balaban J connectivity index is 2.24. The van der Waals surface area contributed by atoms with Gasteiger partial charge in [0.25, 0.3) is 0 Å². The number of carbonyl (C=O) groups excluding carboxylic acids is 1. The molecule has 1 atom stereocenters. The van der Waals surface area contributed by atoms with Gasteiger partial charge in [-0.2, -0.15) is 0 Å². The molecular formula is C17H18N2O4S. The van der Waals surface area contributed by atoms with Gasteiger partial charge in [-0.05, 0) is 18.9 Å². The predicted octanol–water partition coefficient (Wildman–Crippen LogP) is 3.35. The quantitative estimate of drug-likeness (QED) is 0.751. The van der Waals surface area contributed by atoms with Crippen LogP contribution in [0.1, 0.15) is 32.0 Å². The molecule has 1 amide bonds. The summed E-state index contributed by atoms with van der Waals surface area (Å²) in [7, 11) is 0. The Bertz CT molecular complexity index is 727. The van der Waals surface area contributed by atoms with Crippen LogP contribution in [0.4, 0.5) is 4.79 Å². The zero-order valence-electron chi connectivity index (χ0n) is 13.2. The number of aryl methyl sites for hydroxylation is 1. The van der Waals surface area contributed by atoms with Gasteiger partial charge in [0, 0.05) is 4.88 Å². The number of hydrogen-bond acceptors (Lipinski definition) is 5. The Morgan fingerprint density at radius 2 is 2.12 bits per heavy atom. The van der Waals surface area contributed by atoms with Crippen molar-refractivity contribution in [1.29, 1.82) is 0 Å². The fraction of sp³-hybridized carbons (Fsp3) is 0.235. The molecule has 1 heterocycles. The van der Waals surface area contributed by atoms with Crippen LogP contribution in [0.25, 0.3) is 0 Å². The highest BCUT2D eigenvalue weighted by Gasteiger charge is 2.23. The van der Waals surface area contributed by atoms with Crippen LogP contribution in [0, 0.1) is 6.92 Å². The minimum atomic E-state index is -1.08. The monoisotopic (exact) mass is 346 g/mol. The van der Waals surface area contributed by atoms with Crippen LogP contribution in [-0.4, -0.2) is 28.8 Å². The second-order valence-corrected chi connectivity index (χ2v) is 6.27. The maximum absolute atomic E-state index is 11.9. The van der Waals surface area contributed by atoms with Crippen LogP contribution in [0.15, 0.2) is 43.0 Å². The second-order valence-electron chi connectivity index (χ2n) is 5.04. The molecule has 0 unspecified atom stereocenters. The molecule has 0 aliphatic carbocycles. The van der Waals surface area contributed by atoms with Crippen molar-refractivity contribution >= 4 is 23.4 Å². The summed E-state index contributed by atoms with van der Waals surface area (Å²) in [6, 6.07) is 9.10. The van der Waals surface area contributed by atoms with Gasteiger partial charge in [-0.25, -0.2) is 14.6 Å². The molecule has 1 aromatic heterocycles. The SMILES string of the molecule is C=CCOC(=O)N[C@@H](Cc1ccccc1)c1nc(C(=O)O)c(C)s1. The topological polar surface area (TPSA) is 88.5 Å². The molecule has 2 aromatic rings. The molecule has 1 aromatic carbocycles. The molecule has 0 saturated heterocycles. The molecule has 7 heteroatoms. The Hall–Kier alpha value is -2.67. The summed E-state index contributed by atoms with van der Waals surface area (Å²) in [5.41, 5.74) is 1.01. The van der Waals surface area contributed by atoms with Gasteiger partial charge in [0.05, 0.1) is 6.04 Å². The predicted molar refractivity (Wildman–Crippen MR) is 91.4 cm³/mol. The third kappa shape index (κ3) is 4.66. The minimum absolute atomic E-state index is 0.00863. The van der Waals surface area contributed by atoms with Crippen LogP contribution in [-0.2, 0) is 11.2 Å². The number of carbonyl (C=O) groups is 2. The number of rotatable bonds is 7. The third-order valence-electron chi connectivity index (χ3n) is 3.22. The number of carboxylic acids is 1. The number of thiazole rings is 1. The minimum Gasteiger partial charge on any atom is -0.476 e. The first kappa shape index (κ1) is 17.7. The molecule has 0 radical (unpaired) electrons. The van der Waals surface area contributed by atoms with Crippen LogP contribution in [0.3, 0.4) is 0 Å². The first-order valence-corrected chi connectivity index (χ1v) is 8.11. The molecular weight excluding hydrogens is 328 g/mol. The molecule has 0 spiro atoms. The molecule has 2 rings (SSSR count). The van der Waals surface area contributed by atoms with E-state index in [0.29, 0.717) is 16.3 Å². The number of alkyl carbamates (subject to hydrolysis) is 1. The lowest BCUT2D eigenvalue weighted by Crippen LogP contribution is -2.30. The van der Waals surface area contributed by atoms with E-state index in [4.69, 9.17) is 9.84 Å². The summed E-state index contributed by atoms with van der Waals surface area (Å²) >= 11 is 1.25. The number of aromatic nitrogens is 1. The second kappa shape index (κ2) is 8.26. The van der Waals surface area contributed by atoms with Crippen LogP contribution in [0.5, 0.6) is 0 Å². The first-order chi connectivity index (χ1) is 11.5. The van der Waals surface area contributed by atoms with E-state index in [1.807, 2.05) is 30.3 Å². The van der Waals surface area contributed by atoms with E-state index in [2.05, 4.69) is 16.9 Å². The van der Waals surface area contributed by atoms with Crippen molar-refractivity contribution in [2.45, 2.75) is 19.4 Å². The van der Waals surface area contributed by atoms with Gasteiger partial charge < -0.3 is 15.2 Å². The molecule has 6 nitrogen and oxygen atoms in total. The smallest absolute Gasteiger partial charge is 0.408 e. The fourth-order valence-electron chi connectivity index (χ4n) is 2.13. The number of ether oxygens (including phenoxy) is 1. The van der Waals surface area contributed by atoms with Gasteiger partial charge in [0.1, 0.15) is 11.6 Å². The Morgan fingerprint density at radius 1 is 1.42 bits per heavy atom. The Labute approximate surface area is 143 Å². The summed E-state index contributed by atoms with van der Waals surface area (Å²) < 4.78 is 4.96. The maximum atomic E-state index is 11.9. The van der Waals surface area contributed by atoms with Crippen molar-refractivity contribution in [3.05, 3.63) is 64.1 Å². The van der Waals surface area contributed by atoms with E-state index in [-0.39, 0.29) is 12.3 Å². The Morgan fingerprint density at radius 3 is 2.71 bits per heavy atom. The lowest BCUT2D eigenvalue weighted by Gasteiger charge is -2.16. The van der Waals surface area contributed by atoms with Gasteiger partial charge in [-0.15, -0.1) is 11.3 Å². The summed E-state index contributed by atoms with van der Waals surface area (Å²) in [5, 5.41) is 12.4. The molecule has 2 N–H and O–H groups in total. The van der Waals surface area contributed by atoms with Gasteiger partial charge in [-0.3, -0.25) is 0 Å². The third-order valence-corrected chi connectivity index (χ3v) is 4.31. The number of hydrogen-bond donors (Lipinski definition) is 2. The van der Waals surface area contributed by atoms with E-state index in [9.17, 15) is 9.59 Å². The van der Waals surface area contributed by atoms with Crippen molar-refractivity contribution in [2.24, 2.45) is 0 Å². The number of aromatic carboxylic acids is 1. The average Bonchev–Trinajstić information content (AvgIpc) is 2.95. The van der Waals surface area contributed by atoms with Crippen LogP contribution >= 0.6 is 11.3 Å². The van der Waals surface area contributed by atoms with Gasteiger partial charge in [0.2, 0.25) is 0 Å². The highest BCUT2D eigenvalue weighted by molar-refractivity contribution is 7.12. The van der Waals surface area contributed by atoms with Crippen LogP contribution < -0.4 is 5.32 Å². The fourth-order valence-corrected chi connectivity index (χ4v) is 3.10. The van der Waals surface area contributed by atoms with Gasteiger partial charge >= 0.3 is 12.1 Å². The van der Waals surface area contributed by atoms with E-state index in [1.54, 1.807) is 6.92 Å². The highest BCUT2D eigenvalue weighted by Crippen LogP contribution is 2.26. The number of benzene rings is 1. The summed E-state index contributed by atoms with van der Waals surface area (Å²) in [6.45, 7) is 5.28. The Kier molecular flexibility index (Phi) is 6.08. The molecule has 0 aliphatic rings. The number of nitrogens with zero attached hydrogens (tertiary/aromatic N) is 1. The molecule has 24 heavy (non-hydrogen) atoms. The van der Waals surface area contributed by atoms with Crippen molar-refractivity contribution in [3.8, 4) is 0 Å².